The molecule has 1 heterocycles. The van der Waals surface area contributed by atoms with Crippen molar-refractivity contribution in [3.8, 4) is 0 Å². The number of hydrogen-bond donors (Lipinski definition) is 0. The molecular weight excluding hydrogens is 244 g/mol. The second kappa shape index (κ2) is 4.52. The van der Waals surface area contributed by atoms with Gasteiger partial charge in [-0.3, -0.25) is 14.8 Å². The quantitative estimate of drug-likeness (QED) is 0.623. The van der Waals surface area contributed by atoms with Gasteiger partial charge in [0.15, 0.2) is 11.6 Å². The van der Waals surface area contributed by atoms with Crippen LogP contribution >= 0.6 is 0 Å². The molecule has 94 valence electrons. The molecule has 1 aromatic heterocycles. The molecule has 1 aromatic carbocycles. The van der Waals surface area contributed by atoms with Crippen LogP contribution in [0.4, 0.5) is 14.5 Å². The van der Waals surface area contributed by atoms with Gasteiger partial charge in [0.25, 0.3) is 0 Å². The number of hydrogen-bond acceptors (Lipinski definition) is 3. The van der Waals surface area contributed by atoms with Crippen molar-refractivity contribution in [3.63, 3.8) is 0 Å². The highest BCUT2D eigenvalue weighted by Crippen LogP contribution is 2.16. The van der Waals surface area contributed by atoms with Crippen molar-refractivity contribution >= 4 is 5.69 Å². The molecule has 0 aliphatic heterocycles. The Morgan fingerprint density at radius 2 is 2.11 bits per heavy atom. The van der Waals surface area contributed by atoms with Gasteiger partial charge in [-0.25, -0.2) is 8.78 Å². The molecule has 2 aromatic rings. The van der Waals surface area contributed by atoms with Gasteiger partial charge in [0.05, 0.1) is 11.5 Å². The Kier molecular flexibility index (Phi) is 3.05. The number of aryl methyl sites for hydroxylation is 1. The van der Waals surface area contributed by atoms with E-state index in [0.717, 1.165) is 12.1 Å². The summed E-state index contributed by atoms with van der Waals surface area (Å²) in [7, 11) is 0. The fourth-order valence-electron chi connectivity index (χ4n) is 1.59. The second-order valence-corrected chi connectivity index (χ2v) is 3.80. The number of nitro groups is 1. The van der Waals surface area contributed by atoms with Crippen molar-refractivity contribution < 1.29 is 13.7 Å². The Labute approximate surface area is 101 Å². The first-order valence-corrected chi connectivity index (χ1v) is 5.10. The molecule has 5 nitrogen and oxygen atoms in total. The Bertz CT molecular complexity index is 610. The predicted octanol–water partition coefficient (Wildman–Crippen LogP) is 2.43. The van der Waals surface area contributed by atoms with Crippen LogP contribution in [0.2, 0.25) is 0 Å². The first-order valence-electron chi connectivity index (χ1n) is 5.10. The molecule has 18 heavy (non-hydrogen) atoms. The minimum atomic E-state index is -0.953. The van der Waals surface area contributed by atoms with E-state index in [-0.39, 0.29) is 17.9 Å². The highest BCUT2D eigenvalue weighted by atomic mass is 19.2. The lowest BCUT2D eigenvalue weighted by Gasteiger charge is -2.01. The molecule has 0 bridgehead atoms. The lowest BCUT2D eigenvalue weighted by Crippen LogP contribution is -2.01. The van der Waals surface area contributed by atoms with E-state index in [9.17, 15) is 18.9 Å². The SMILES string of the molecule is Cc1nn(Cc2ccc(F)c(F)c2)cc1[N+](=O)[O-]. The Hall–Kier alpha value is -2.31. The lowest BCUT2D eigenvalue weighted by atomic mass is 10.2. The second-order valence-electron chi connectivity index (χ2n) is 3.80. The van der Waals surface area contributed by atoms with Crippen LogP contribution in [-0.4, -0.2) is 14.7 Å². The number of nitrogens with zero attached hydrogens (tertiary/aromatic N) is 3. The van der Waals surface area contributed by atoms with E-state index < -0.39 is 16.6 Å². The molecule has 0 amide bonds. The summed E-state index contributed by atoms with van der Waals surface area (Å²) in [6, 6.07) is 3.45. The Balaban J connectivity index is 2.26. The maximum absolute atomic E-state index is 13.0. The summed E-state index contributed by atoms with van der Waals surface area (Å²) in [5.41, 5.74) is 0.659. The van der Waals surface area contributed by atoms with Crippen LogP contribution in [0.1, 0.15) is 11.3 Å². The summed E-state index contributed by atoms with van der Waals surface area (Å²) in [5.74, 6) is -1.88. The Morgan fingerprint density at radius 1 is 1.39 bits per heavy atom. The summed E-state index contributed by atoms with van der Waals surface area (Å²) < 4.78 is 27.0. The third kappa shape index (κ3) is 2.34. The summed E-state index contributed by atoms with van der Waals surface area (Å²) >= 11 is 0. The lowest BCUT2D eigenvalue weighted by molar-refractivity contribution is -0.385. The van der Waals surface area contributed by atoms with Gasteiger partial charge in [-0.2, -0.15) is 5.10 Å². The van der Waals surface area contributed by atoms with Crippen LogP contribution in [0, 0.1) is 28.7 Å². The average molecular weight is 253 g/mol. The van der Waals surface area contributed by atoms with Crippen LogP contribution in [0.3, 0.4) is 0 Å². The zero-order valence-electron chi connectivity index (χ0n) is 9.43. The smallest absolute Gasteiger partial charge is 0.261 e. The van der Waals surface area contributed by atoms with E-state index in [1.54, 1.807) is 0 Å². The van der Waals surface area contributed by atoms with Crippen LogP contribution in [0.15, 0.2) is 24.4 Å². The monoisotopic (exact) mass is 253 g/mol. The summed E-state index contributed by atoms with van der Waals surface area (Å²) in [5, 5.41) is 14.6. The fourth-order valence-corrected chi connectivity index (χ4v) is 1.59. The molecular formula is C11H9F2N3O2. The van der Waals surface area contributed by atoms with E-state index in [2.05, 4.69) is 5.10 Å². The molecule has 0 aliphatic carbocycles. The third-order valence-corrected chi connectivity index (χ3v) is 2.45. The first kappa shape index (κ1) is 12.2. The van der Waals surface area contributed by atoms with Gasteiger partial charge in [0.1, 0.15) is 11.9 Å². The molecule has 0 saturated heterocycles. The van der Waals surface area contributed by atoms with Gasteiger partial charge in [0, 0.05) is 0 Å². The zero-order chi connectivity index (χ0) is 13.3. The normalized spacial score (nSPS) is 10.6. The van der Waals surface area contributed by atoms with Crippen LogP contribution in [-0.2, 0) is 6.54 Å². The highest BCUT2D eigenvalue weighted by Gasteiger charge is 2.15. The maximum Gasteiger partial charge on any atom is 0.309 e. The minimum absolute atomic E-state index is 0.0995. The zero-order valence-corrected chi connectivity index (χ0v) is 9.43. The van der Waals surface area contributed by atoms with E-state index in [4.69, 9.17) is 0 Å². The van der Waals surface area contributed by atoms with Crippen molar-refractivity contribution in [1.29, 1.82) is 0 Å². The first-order chi connectivity index (χ1) is 8.47. The van der Waals surface area contributed by atoms with Crippen LogP contribution in [0.25, 0.3) is 0 Å². The molecule has 7 heteroatoms. The van der Waals surface area contributed by atoms with Crippen molar-refractivity contribution in [3.05, 3.63) is 57.4 Å². The standard InChI is InChI=1S/C11H9F2N3O2/c1-7-11(16(17)18)6-15(14-7)5-8-2-3-9(12)10(13)4-8/h2-4,6H,5H2,1H3. The molecule has 0 unspecified atom stereocenters. The molecule has 0 aliphatic rings. The molecule has 2 rings (SSSR count). The van der Waals surface area contributed by atoms with Crippen molar-refractivity contribution in [2.45, 2.75) is 13.5 Å². The van der Waals surface area contributed by atoms with Crippen molar-refractivity contribution in [2.24, 2.45) is 0 Å². The summed E-state index contributed by atoms with van der Waals surface area (Å²) in [6.45, 7) is 1.66. The van der Waals surface area contributed by atoms with Crippen molar-refractivity contribution in [1.82, 2.24) is 9.78 Å². The Morgan fingerprint density at radius 3 is 2.67 bits per heavy atom. The molecule has 0 atom stereocenters. The van der Waals surface area contributed by atoms with E-state index in [1.807, 2.05) is 0 Å². The summed E-state index contributed by atoms with van der Waals surface area (Å²) in [6.07, 6.45) is 1.26. The van der Waals surface area contributed by atoms with Gasteiger partial charge in [0.2, 0.25) is 0 Å². The van der Waals surface area contributed by atoms with Crippen LogP contribution in [0.5, 0.6) is 0 Å². The van der Waals surface area contributed by atoms with Gasteiger partial charge in [-0.1, -0.05) is 6.07 Å². The minimum Gasteiger partial charge on any atom is -0.261 e. The average Bonchev–Trinajstić information content (AvgIpc) is 2.65. The van der Waals surface area contributed by atoms with Gasteiger partial charge in [-0.05, 0) is 24.6 Å². The third-order valence-electron chi connectivity index (χ3n) is 2.45. The molecule has 0 radical (unpaired) electrons. The molecule has 0 saturated carbocycles. The number of benzene rings is 1. The molecule has 0 spiro atoms. The number of aromatic nitrogens is 2. The summed E-state index contributed by atoms with van der Waals surface area (Å²) in [4.78, 5) is 10.1. The van der Waals surface area contributed by atoms with Crippen molar-refractivity contribution in [2.75, 3.05) is 0 Å². The fraction of sp³-hybridized carbons (Fsp3) is 0.182. The maximum atomic E-state index is 13.0. The van der Waals surface area contributed by atoms with Gasteiger partial charge in [-0.15, -0.1) is 0 Å². The van der Waals surface area contributed by atoms with Crippen LogP contribution < -0.4 is 0 Å². The molecule has 0 N–H and O–H groups in total. The van der Waals surface area contributed by atoms with Gasteiger partial charge < -0.3 is 0 Å². The van der Waals surface area contributed by atoms with E-state index >= 15 is 0 Å². The van der Waals surface area contributed by atoms with E-state index in [1.165, 1.54) is 23.9 Å². The van der Waals surface area contributed by atoms with E-state index in [0.29, 0.717) is 5.56 Å². The number of halogens is 2. The molecule has 0 fully saturated rings. The highest BCUT2D eigenvalue weighted by molar-refractivity contribution is 5.31. The topological polar surface area (TPSA) is 61.0 Å². The van der Waals surface area contributed by atoms with Gasteiger partial charge >= 0.3 is 5.69 Å². The number of rotatable bonds is 3. The largest absolute Gasteiger partial charge is 0.309 e. The predicted molar refractivity (Wildman–Crippen MR) is 59.1 cm³/mol.